The molecule has 1 heterocycles. The Bertz CT molecular complexity index is 439. The number of nitrogens with one attached hydrogen (secondary N) is 1. The number of nitrogens with two attached hydrogens (primary N) is 1. The number of likely N-dealkylation sites (tertiary alicyclic amines) is 1. The van der Waals surface area contributed by atoms with Crippen molar-refractivity contribution in [1.82, 2.24) is 4.90 Å². The Balaban J connectivity index is 1.94. The Morgan fingerprint density at radius 2 is 2.00 bits per heavy atom. The topological polar surface area (TPSA) is 58.4 Å². The zero-order valence-corrected chi connectivity index (χ0v) is 11.7. The summed E-state index contributed by atoms with van der Waals surface area (Å²) in [5, 5.41) is 2.91. The van der Waals surface area contributed by atoms with E-state index < -0.39 is 0 Å². The molecule has 1 atom stereocenters. The maximum absolute atomic E-state index is 12.2. The van der Waals surface area contributed by atoms with Gasteiger partial charge in [-0.2, -0.15) is 0 Å². The fourth-order valence-corrected chi connectivity index (χ4v) is 2.43. The van der Waals surface area contributed by atoms with Gasteiger partial charge in [0.25, 0.3) is 0 Å². The molecule has 3 N–H and O–H groups in total. The molecule has 0 radical (unpaired) electrons. The molecule has 1 aromatic carbocycles. The number of nitrogens with zero attached hydrogens (tertiary/aromatic N) is 1. The molecule has 1 saturated heterocycles. The van der Waals surface area contributed by atoms with Crippen LogP contribution in [-0.4, -0.2) is 29.9 Å². The maximum Gasteiger partial charge on any atom is 0.241 e. The van der Waals surface area contributed by atoms with E-state index in [0.717, 1.165) is 19.0 Å². The highest BCUT2D eigenvalue weighted by atomic mass is 16.2. The summed E-state index contributed by atoms with van der Waals surface area (Å²) in [7, 11) is 0. The summed E-state index contributed by atoms with van der Waals surface area (Å²) < 4.78 is 0. The van der Waals surface area contributed by atoms with E-state index in [1.807, 2.05) is 25.1 Å². The van der Waals surface area contributed by atoms with E-state index in [1.54, 1.807) is 6.07 Å². The second-order valence-corrected chi connectivity index (χ2v) is 5.47. The normalized spacial score (nSPS) is 19.1. The van der Waals surface area contributed by atoms with Crippen molar-refractivity contribution < 1.29 is 4.79 Å². The first kappa shape index (κ1) is 13.9. The van der Waals surface area contributed by atoms with Crippen LogP contribution in [0.25, 0.3) is 0 Å². The van der Waals surface area contributed by atoms with Crippen LogP contribution in [0.3, 0.4) is 0 Å². The lowest BCUT2D eigenvalue weighted by molar-refractivity contribution is -0.121. The summed E-state index contributed by atoms with van der Waals surface area (Å²) in [5.74, 6) is 0.795. The zero-order valence-electron chi connectivity index (χ0n) is 11.7. The Kier molecular flexibility index (Phi) is 4.43. The third-order valence-corrected chi connectivity index (χ3v) is 3.96. The molecule has 4 nitrogen and oxygen atoms in total. The fourth-order valence-electron chi connectivity index (χ4n) is 2.43. The van der Waals surface area contributed by atoms with E-state index in [9.17, 15) is 4.79 Å². The second kappa shape index (κ2) is 6.06. The molecule has 19 heavy (non-hydrogen) atoms. The fraction of sp³-hybridized carbons (Fsp3) is 0.533. The van der Waals surface area contributed by atoms with Gasteiger partial charge in [0, 0.05) is 0 Å². The number of carbonyl (C=O) groups is 1. The van der Waals surface area contributed by atoms with Crippen molar-refractivity contribution in [1.29, 1.82) is 0 Å². The Morgan fingerprint density at radius 1 is 1.37 bits per heavy atom. The van der Waals surface area contributed by atoms with Gasteiger partial charge in [-0.1, -0.05) is 19.1 Å². The molecular weight excluding hydrogens is 238 g/mol. The predicted molar refractivity (Wildman–Crippen MR) is 78.9 cm³/mol. The number of piperidine rings is 1. The van der Waals surface area contributed by atoms with Crippen molar-refractivity contribution in [2.24, 2.45) is 5.92 Å². The number of carbonyl (C=O) groups excluding carboxylic acids is 1. The second-order valence-electron chi connectivity index (χ2n) is 5.47. The summed E-state index contributed by atoms with van der Waals surface area (Å²) in [6, 6.07) is 7.26. The van der Waals surface area contributed by atoms with Crippen LogP contribution in [0, 0.1) is 5.92 Å². The number of hydrogen-bond donors (Lipinski definition) is 2. The number of nitrogen functional groups attached to an aromatic ring is 1. The summed E-state index contributed by atoms with van der Waals surface area (Å²) in [5.41, 5.74) is 7.14. The third kappa shape index (κ3) is 3.47. The number of rotatable bonds is 3. The minimum Gasteiger partial charge on any atom is -0.397 e. The first-order valence-corrected chi connectivity index (χ1v) is 6.97. The van der Waals surface area contributed by atoms with Crippen molar-refractivity contribution in [2.75, 3.05) is 24.1 Å². The molecule has 104 valence electrons. The quantitative estimate of drug-likeness (QED) is 0.821. The molecule has 0 bridgehead atoms. The van der Waals surface area contributed by atoms with Crippen molar-refractivity contribution in [2.45, 2.75) is 32.7 Å². The van der Waals surface area contributed by atoms with E-state index in [2.05, 4.69) is 17.1 Å². The molecule has 1 unspecified atom stereocenters. The van der Waals surface area contributed by atoms with Crippen molar-refractivity contribution in [3.63, 3.8) is 0 Å². The average molecular weight is 261 g/mol. The van der Waals surface area contributed by atoms with Gasteiger partial charge in [-0.15, -0.1) is 0 Å². The number of amides is 1. The minimum absolute atomic E-state index is 0.0208. The Hall–Kier alpha value is -1.55. The largest absolute Gasteiger partial charge is 0.397 e. The van der Waals surface area contributed by atoms with Crippen molar-refractivity contribution >= 4 is 17.3 Å². The lowest BCUT2D eigenvalue weighted by Crippen LogP contribution is -2.45. The molecule has 0 aliphatic carbocycles. The highest BCUT2D eigenvalue weighted by molar-refractivity contribution is 5.97. The smallest absolute Gasteiger partial charge is 0.241 e. The first-order valence-electron chi connectivity index (χ1n) is 6.97. The van der Waals surface area contributed by atoms with Gasteiger partial charge >= 0.3 is 0 Å². The molecule has 2 rings (SSSR count). The van der Waals surface area contributed by atoms with Gasteiger partial charge < -0.3 is 11.1 Å². The summed E-state index contributed by atoms with van der Waals surface area (Å²) in [4.78, 5) is 14.5. The average Bonchev–Trinajstić information content (AvgIpc) is 2.41. The summed E-state index contributed by atoms with van der Waals surface area (Å²) in [6.45, 7) is 6.23. The van der Waals surface area contributed by atoms with Crippen LogP contribution < -0.4 is 11.1 Å². The summed E-state index contributed by atoms with van der Waals surface area (Å²) >= 11 is 0. The Morgan fingerprint density at radius 3 is 2.63 bits per heavy atom. The lowest BCUT2D eigenvalue weighted by atomic mass is 9.98. The van der Waals surface area contributed by atoms with Crippen LogP contribution in [-0.2, 0) is 4.79 Å². The zero-order chi connectivity index (χ0) is 13.8. The molecule has 0 spiro atoms. The van der Waals surface area contributed by atoms with Gasteiger partial charge in [0.2, 0.25) is 5.91 Å². The molecule has 1 amide bonds. The number of hydrogen-bond acceptors (Lipinski definition) is 3. The molecule has 1 aliphatic rings. The molecule has 4 heteroatoms. The molecule has 0 aromatic heterocycles. The van der Waals surface area contributed by atoms with Crippen LogP contribution in [0.1, 0.15) is 26.7 Å². The van der Waals surface area contributed by atoms with E-state index in [4.69, 9.17) is 5.73 Å². The molecule has 1 fully saturated rings. The number of anilines is 2. The minimum atomic E-state index is -0.105. The third-order valence-electron chi connectivity index (χ3n) is 3.96. The van der Waals surface area contributed by atoms with Gasteiger partial charge in [0.05, 0.1) is 17.4 Å². The standard InChI is InChI=1S/C15H23N3O/c1-11-7-9-18(10-8-11)12(2)15(19)17-14-6-4-3-5-13(14)16/h3-6,11-12H,7-10,16H2,1-2H3,(H,17,19). The maximum atomic E-state index is 12.2. The molecule has 0 saturated carbocycles. The van der Waals surface area contributed by atoms with Gasteiger partial charge in [0.1, 0.15) is 0 Å². The predicted octanol–water partition coefficient (Wildman–Crippen LogP) is 2.33. The van der Waals surface area contributed by atoms with E-state index in [0.29, 0.717) is 11.4 Å². The van der Waals surface area contributed by atoms with Crippen molar-refractivity contribution in [3.8, 4) is 0 Å². The van der Waals surface area contributed by atoms with E-state index in [1.165, 1.54) is 12.8 Å². The lowest BCUT2D eigenvalue weighted by Gasteiger charge is -2.34. The Labute approximate surface area is 115 Å². The van der Waals surface area contributed by atoms with Crippen LogP contribution in [0.15, 0.2) is 24.3 Å². The summed E-state index contributed by atoms with van der Waals surface area (Å²) in [6.07, 6.45) is 2.34. The molecular formula is C15H23N3O. The van der Waals surface area contributed by atoms with Gasteiger partial charge in [-0.05, 0) is 50.9 Å². The highest BCUT2D eigenvalue weighted by Gasteiger charge is 2.25. The van der Waals surface area contributed by atoms with E-state index in [-0.39, 0.29) is 11.9 Å². The number of para-hydroxylation sites is 2. The van der Waals surface area contributed by atoms with E-state index >= 15 is 0 Å². The monoisotopic (exact) mass is 261 g/mol. The molecule has 1 aromatic rings. The van der Waals surface area contributed by atoms with Crippen LogP contribution in [0.2, 0.25) is 0 Å². The SMILES string of the molecule is CC1CCN(C(C)C(=O)Nc2ccccc2N)CC1. The molecule has 1 aliphatic heterocycles. The van der Waals surface area contributed by atoms with Gasteiger partial charge in [-0.3, -0.25) is 9.69 Å². The van der Waals surface area contributed by atoms with Crippen LogP contribution >= 0.6 is 0 Å². The highest BCUT2D eigenvalue weighted by Crippen LogP contribution is 2.20. The van der Waals surface area contributed by atoms with Crippen molar-refractivity contribution in [3.05, 3.63) is 24.3 Å². The van der Waals surface area contributed by atoms with Crippen LogP contribution in [0.4, 0.5) is 11.4 Å². The van der Waals surface area contributed by atoms with Crippen LogP contribution in [0.5, 0.6) is 0 Å². The first-order chi connectivity index (χ1) is 9.08. The number of benzene rings is 1. The van der Waals surface area contributed by atoms with Gasteiger partial charge in [0.15, 0.2) is 0 Å². The van der Waals surface area contributed by atoms with Gasteiger partial charge in [-0.25, -0.2) is 0 Å².